The summed E-state index contributed by atoms with van der Waals surface area (Å²) in [5.41, 5.74) is 1.00. The van der Waals surface area contributed by atoms with Gasteiger partial charge in [0.15, 0.2) is 0 Å². The first kappa shape index (κ1) is 13.7. The van der Waals surface area contributed by atoms with Crippen LogP contribution in [0.4, 0.5) is 0 Å². The number of nitrogens with zero attached hydrogens (tertiary/aromatic N) is 2. The van der Waals surface area contributed by atoms with Crippen molar-refractivity contribution >= 4 is 17.9 Å². The Bertz CT molecular complexity index is 591. The minimum absolute atomic E-state index is 0.0564. The van der Waals surface area contributed by atoms with Gasteiger partial charge in [-0.15, -0.1) is 0 Å². The van der Waals surface area contributed by atoms with Crippen LogP contribution >= 0.6 is 0 Å². The zero-order valence-corrected chi connectivity index (χ0v) is 11.6. The lowest BCUT2D eigenvalue weighted by atomic mass is 9.86. The van der Waals surface area contributed by atoms with Gasteiger partial charge in [-0.25, -0.2) is 9.79 Å². The third-order valence-corrected chi connectivity index (χ3v) is 4.37. The van der Waals surface area contributed by atoms with Crippen molar-refractivity contribution in [1.82, 2.24) is 4.90 Å². The number of hydrogen-bond donors (Lipinski definition) is 0. The van der Waals surface area contributed by atoms with Crippen LogP contribution in [0.2, 0.25) is 0 Å². The van der Waals surface area contributed by atoms with E-state index in [1.54, 1.807) is 30.3 Å². The number of benzene rings is 1. The average molecular weight is 284 g/mol. The lowest BCUT2D eigenvalue weighted by Crippen LogP contribution is -2.36. The van der Waals surface area contributed by atoms with E-state index in [0.717, 1.165) is 25.7 Å². The van der Waals surface area contributed by atoms with Crippen molar-refractivity contribution in [3.8, 4) is 0 Å². The summed E-state index contributed by atoms with van der Waals surface area (Å²) in [5.74, 6) is -0.0856. The first-order chi connectivity index (χ1) is 10.2. The lowest BCUT2D eigenvalue weighted by molar-refractivity contribution is 0.0615. The maximum Gasteiger partial charge on any atom is 0.261 e. The van der Waals surface area contributed by atoms with Gasteiger partial charge in [-0.2, -0.15) is 0 Å². The van der Waals surface area contributed by atoms with Crippen LogP contribution in [0.1, 0.15) is 46.4 Å². The van der Waals surface area contributed by atoms with Crippen molar-refractivity contribution in [3.05, 3.63) is 35.4 Å². The topological polar surface area (TPSA) is 66.8 Å². The summed E-state index contributed by atoms with van der Waals surface area (Å²) in [6, 6.07) is 7.00. The molecule has 2 amide bonds. The molecule has 1 saturated carbocycles. The van der Waals surface area contributed by atoms with Gasteiger partial charge >= 0.3 is 0 Å². The number of rotatable bonds is 3. The summed E-state index contributed by atoms with van der Waals surface area (Å²) in [6.07, 6.45) is 5.01. The van der Waals surface area contributed by atoms with Gasteiger partial charge in [0.25, 0.3) is 11.8 Å². The average Bonchev–Trinajstić information content (AvgIpc) is 2.75. The molecule has 0 unspecified atom stereocenters. The fourth-order valence-corrected chi connectivity index (χ4v) is 3.19. The SMILES string of the molecule is O=C=NC1CCC(CN2C(=O)c3ccccc3C2=O)CC1. The summed E-state index contributed by atoms with van der Waals surface area (Å²) in [6.45, 7) is 0.462. The highest BCUT2D eigenvalue weighted by Crippen LogP contribution is 2.30. The molecule has 3 rings (SSSR count). The van der Waals surface area contributed by atoms with E-state index >= 15 is 0 Å². The largest absolute Gasteiger partial charge is 0.274 e. The molecule has 5 heteroatoms. The first-order valence-electron chi connectivity index (χ1n) is 7.23. The van der Waals surface area contributed by atoms with Crippen LogP contribution in [0.15, 0.2) is 29.3 Å². The Kier molecular flexibility index (Phi) is 3.67. The molecule has 1 aliphatic heterocycles. The van der Waals surface area contributed by atoms with Crippen LogP contribution in [-0.2, 0) is 4.79 Å². The molecule has 0 bridgehead atoms. The number of fused-ring (bicyclic) bond motifs is 1. The van der Waals surface area contributed by atoms with E-state index in [-0.39, 0.29) is 17.9 Å². The molecular weight excluding hydrogens is 268 g/mol. The van der Waals surface area contributed by atoms with Crippen molar-refractivity contribution in [2.45, 2.75) is 31.7 Å². The number of isocyanates is 1. The van der Waals surface area contributed by atoms with Gasteiger partial charge in [0, 0.05) is 6.54 Å². The van der Waals surface area contributed by atoms with E-state index in [0.29, 0.717) is 23.6 Å². The van der Waals surface area contributed by atoms with Gasteiger partial charge in [-0.3, -0.25) is 14.5 Å². The number of hydrogen-bond acceptors (Lipinski definition) is 4. The van der Waals surface area contributed by atoms with Gasteiger partial charge in [0.05, 0.1) is 17.2 Å². The van der Waals surface area contributed by atoms with E-state index in [1.807, 2.05) is 0 Å². The molecular formula is C16H16N2O3. The Labute approximate surface area is 122 Å². The first-order valence-corrected chi connectivity index (χ1v) is 7.23. The fraction of sp³-hybridized carbons (Fsp3) is 0.438. The van der Waals surface area contributed by atoms with E-state index in [1.165, 1.54) is 4.90 Å². The van der Waals surface area contributed by atoms with Gasteiger partial charge < -0.3 is 0 Å². The Hall–Kier alpha value is -2.26. The predicted octanol–water partition coefficient (Wildman–Crippen LogP) is 2.18. The Morgan fingerprint density at radius 1 is 1.05 bits per heavy atom. The third kappa shape index (κ3) is 2.52. The molecule has 0 N–H and O–H groups in total. The minimum Gasteiger partial charge on any atom is -0.274 e. The Morgan fingerprint density at radius 2 is 1.62 bits per heavy atom. The van der Waals surface area contributed by atoms with Crippen LogP contribution in [0.3, 0.4) is 0 Å². The highest BCUT2D eigenvalue weighted by Gasteiger charge is 2.36. The molecule has 0 aromatic heterocycles. The number of carbonyl (C=O) groups excluding carboxylic acids is 3. The molecule has 1 fully saturated rings. The second kappa shape index (κ2) is 5.62. The highest BCUT2D eigenvalue weighted by atomic mass is 16.2. The van der Waals surface area contributed by atoms with Crippen molar-refractivity contribution in [1.29, 1.82) is 0 Å². The molecule has 0 atom stereocenters. The van der Waals surface area contributed by atoms with Crippen molar-refractivity contribution < 1.29 is 14.4 Å². The number of aliphatic imine (C=N–C) groups is 1. The summed E-state index contributed by atoms with van der Waals surface area (Å²) in [4.78, 5) is 39.9. The fourth-order valence-electron chi connectivity index (χ4n) is 3.19. The quantitative estimate of drug-likeness (QED) is 0.485. The van der Waals surface area contributed by atoms with Gasteiger partial charge in [0.2, 0.25) is 6.08 Å². The molecule has 108 valence electrons. The lowest BCUT2D eigenvalue weighted by Gasteiger charge is -2.28. The van der Waals surface area contributed by atoms with Crippen LogP contribution < -0.4 is 0 Å². The number of amides is 2. The number of carbonyl (C=O) groups is 2. The molecule has 21 heavy (non-hydrogen) atoms. The van der Waals surface area contributed by atoms with E-state index in [9.17, 15) is 14.4 Å². The standard InChI is InChI=1S/C16H16N2O3/c19-10-17-12-7-5-11(6-8-12)9-18-15(20)13-3-1-2-4-14(13)16(18)21/h1-4,11-12H,5-9H2. The van der Waals surface area contributed by atoms with Crippen LogP contribution in [-0.4, -0.2) is 35.4 Å². The Balaban J connectivity index is 1.66. The monoisotopic (exact) mass is 284 g/mol. The van der Waals surface area contributed by atoms with Gasteiger partial charge in [-0.1, -0.05) is 12.1 Å². The van der Waals surface area contributed by atoms with E-state index < -0.39 is 0 Å². The summed E-state index contributed by atoms with van der Waals surface area (Å²) in [7, 11) is 0. The molecule has 0 radical (unpaired) electrons. The highest BCUT2D eigenvalue weighted by molar-refractivity contribution is 6.21. The maximum atomic E-state index is 12.3. The van der Waals surface area contributed by atoms with Crippen LogP contribution in [0, 0.1) is 5.92 Å². The van der Waals surface area contributed by atoms with E-state index in [2.05, 4.69) is 4.99 Å². The summed E-state index contributed by atoms with van der Waals surface area (Å²) in [5, 5.41) is 0. The van der Waals surface area contributed by atoms with Crippen molar-refractivity contribution in [2.75, 3.05) is 6.54 Å². The van der Waals surface area contributed by atoms with Crippen LogP contribution in [0.25, 0.3) is 0 Å². The van der Waals surface area contributed by atoms with Gasteiger partial charge in [-0.05, 0) is 43.7 Å². The molecule has 1 aromatic rings. The third-order valence-electron chi connectivity index (χ3n) is 4.37. The van der Waals surface area contributed by atoms with Crippen molar-refractivity contribution in [2.24, 2.45) is 10.9 Å². The molecule has 1 aromatic carbocycles. The molecule has 1 aliphatic carbocycles. The van der Waals surface area contributed by atoms with Crippen molar-refractivity contribution in [3.63, 3.8) is 0 Å². The number of imide groups is 1. The predicted molar refractivity (Wildman–Crippen MR) is 75.7 cm³/mol. The second-order valence-corrected chi connectivity index (χ2v) is 5.66. The maximum absolute atomic E-state index is 12.3. The summed E-state index contributed by atoms with van der Waals surface area (Å²) < 4.78 is 0. The molecule has 2 aliphatic rings. The van der Waals surface area contributed by atoms with E-state index in [4.69, 9.17) is 0 Å². The van der Waals surface area contributed by atoms with Gasteiger partial charge in [0.1, 0.15) is 0 Å². The molecule has 5 nitrogen and oxygen atoms in total. The smallest absolute Gasteiger partial charge is 0.261 e. The molecule has 0 saturated heterocycles. The Morgan fingerprint density at radius 3 is 2.14 bits per heavy atom. The summed E-state index contributed by atoms with van der Waals surface area (Å²) >= 11 is 0. The molecule has 0 spiro atoms. The normalized spacial score (nSPS) is 24.7. The zero-order chi connectivity index (χ0) is 14.8. The van der Waals surface area contributed by atoms with Crippen LogP contribution in [0.5, 0.6) is 0 Å². The minimum atomic E-state index is -0.191. The zero-order valence-electron chi connectivity index (χ0n) is 11.6. The second-order valence-electron chi connectivity index (χ2n) is 5.66. The molecule has 1 heterocycles.